The van der Waals surface area contributed by atoms with Gasteiger partial charge < -0.3 is 5.32 Å². The van der Waals surface area contributed by atoms with E-state index >= 15 is 0 Å². The van der Waals surface area contributed by atoms with Crippen LogP contribution in [0.2, 0.25) is 0 Å². The second kappa shape index (κ2) is 6.09. The van der Waals surface area contributed by atoms with E-state index in [1.807, 2.05) is 18.2 Å². The van der Waals surface area contributed by atoms with Crippen LogP contribution >= 0.6 is 0 Å². The van der Waals surface area contributed by atoms with Crippen LogP contribution in [0.5, 0.6) is 0 Å². The Hall–Kier alpha value is -0.870. The Morgan fingerprint density at radius 1 is 1.14 bits per heavy atom. The lowest BCUT2D eigenvalue weighted by Gasteiger charge is -2.36. The SMILES string of the molecule is CCC1CCCCC1NC1CCS(=O)(=O)c2ccccc21. The van der Waals surface area contributed by atoms with E-state index in [2.05, 4.69) is 12.2 Å². The molecule has 1 aliphatic heterocycles. The van der Waals surface area contributed by atoms with E-state index in [9.17, 15) is 8.42 Å². The van der Waals surface area contributed by atoms with Crippen LogP contribution in [0.3, 0.4) is 0 Å². The van der Waals surface area contributed by atoms with E-state index in [-0.39, 0.29) is 11.8 Å². The van der Waals surface area contributed by atoms with E-state index < -0.39 is 9.84 Å². The minimum atomic E-state index is -3.07. The molecular weight excluding hydrogens is 282 g/mol. The highest BCUT2D eigenvalue weighted by molar-refractivity contribution is 7.91. The average Bonchev–Trinajstić information content (AvgIpc) is 2.51. The molecule has 21 heavy (non-hydrogen) atoms. The van der Waals surface area contributed by atoms with Crippen molar-refractivity contribution in [1.29, 1.82) is 0 Å². The molecule has 0 spiro atoms. The maximum Gasteiger partial charge on any atom is 0.178 e. The van der Waals surface area contributed by atoms with Gasteiger partial charge in [0.05, 0.1) is 10.6 Å². The number of nitrogens with one attached hydrogen (secondary N) is 1. The summed E-state index contributed by atoms with van der Waals surface area (Å²) in [5, 5.41) is 3.79. The Morgan fingerprint density at radius 3 is 2.71 bits per heavy atom. The van der Waals surface area contributed by atoms with Crippen LogP contribution in [-0.4, -0.2) is 20.2 Å². The number of rotatable bonds is 3. The number of benzene rings is 1. The van der Waals surface area contributed by atoms with Crippen molar-refractivity contribution in [3.8, 4) is 0 Å². The number of hydrogen-bond acceptors (Lipinski definition) is 3. The highest BCUT2D eigenvalue weighted by Gasteiger charge is 2.33. The Kier molecular flexibility index (Phi) is 4.36. The Morgan fingerprint density at radius 2 is 1.90 bits per heavy atom. The van der Waals surface area contributed by atoms with E-state index in [4.69, 9.17) is 0 Å². The quantitative estimate of drug-likeness (QED) is 0.930. The molecule has 1 fully saturated rings. The van der Waals surface area contributed by atoms with Gasteiger partial charge in [0.15, 0.2) is 9.84 Å². The summed E-state index contributed by atoms with van der Waals surface area (Å²) in [5.74, 6) is 1.01. The van der Waals surface area contributed by atoms with Crippen molar-refractivity contribution in [2.45, 2.75) is 62.4 Å². The first-order chi connectivity index (χ1) is 10.1. The Balaban J connectivity index is 1.83. The first-order valence-electron chi connectivity index (χ1n) is 8.19. The van der Waals surface area contributed by atoms with Crippen molar-refractivity contribution in [1.82, 2.24) is 5.32 Å². The zero-order valence-electron chi connectivity index (χ0n) is 12.7. The predicted octanol–water partition coefficient (Wildman–Crippen LogP) is 3.46. The molecule has 3 nitrogen and oxygen atoms in total. The summed E-state index contributed by atoms with van der Waals surface area (Å²) in [5.41, 5.74) is 0.976. The van der Waals surface area contributed by atoms with Gasteiger partial charge in [0.1, 0.15) is 0 Å². The summed E-state index contributed by atoms with van der Waals surface area (Å²) < 4.78 is 24.4. The van der Waals surface area contributed by atoms with Gasteiger partial charge in [-0.1, -0.05) is 44.4 Å². The molecule has 1 aromatic carbocycles. The normalized spacial score (nSPS) is 31.6. The predicted molar refractivity (Wildman–Crippen MR) is 85.0 cm³/mol. The largest absolute Gasteiger partial charge is 0.307 e. The third kappa shape index (κ3) is 3.02. The fourth-order valence-corrected chi connectivity index (χ4v) is 5.56. The molecule has 0 bridgehead atoms. The van der Waals surface area contributed by atoms with E-state index in [0.717, 1.165) is 11.5 Å². The van der Waals surface area contributed by atoms with Gasteiger partial charge in [0.25, 0.3) is 0 Å². The molecule has 2 aliphatic rings. The fraction of sp³-hybridized carbons (Fsp3) is 0.647. The third-order valence-corrected chi connectivity index (χ3v) is 6.97. The van der Waals surface area contributed by atoms with Crippen LogP contribution in [0.4, 0.5) is 0 Å². The van der Waals surface area contributed by atoms with Crippen LogP contribution < -0.4 is 5.32 Å². The molecule has 3 atom stereocenters. The van der Waals surface area contributed by atoms with Crippen LogP contribution in [0.25, 0.3) is 0 Å². The van der Waals surface area contributed by atoms with Crippen LogP contribution in [0.15, 0.2) is 29.2 Å². The molecule has 0 radical (unpaired) electrons. The van der Waals surface area contributed by atoms with Crippen LogP contribution in [-0.2, 0) is 9.84 Å². The maximum absolute atomic E-state index is 12.2. The summed E-state index contributed by atoms with van der Waals surface area (Å²) in [6.07, 6.45) is 7.08. The summed E-state index contributed by atoms with van der Waals surface area (Å²) in [6.45, 7) is 2.27. The summed E-state index contributed by atoms with van der Waals surface area (Å²) in [4.78, 5) is 0.539. The lowest BCUT2D eigenvalue weighted by molar-refractivity contribution is 0.233. The van der Waals surface area contributed by atoms with Gasteiger partial charge in [0, 0.05) is 12.1 Å². The molecule has 0 amide bonds. The zero-order valence-corrected chi connectivity index (χ0v) is 13.5. The van der Waals surface area contributed by atoms with E-state index in [1.54, 1.807) is 6.07 Å². The lowest BCUT2D eigenvalue weighted by Crippen LogP contribution is -2.42. The molecule has 3 unspecified atom stereocenters. The van der Waals surface area contributed by atoms with Crippen LogP contribution in [0.1, 0.15) is 57.1 Å². The molecule has 4 heteroatoms. The average molecular weight is 307 g/mol. The molecule has 116 valence electrons. The van der Waals surface area contributed by atoms with Gasteiger partial charge in [0.2, 0.25) is 0 Å². The minimum absolute atomic E-state index is 0.196. The van der Waals surface area contributed by atoms with Gasteiger partial charge >= 0.3 is 0 Å². The molecule has 1 saturated carbocycles. The second-order valence-electron chi connectivity index (χ2n) is 6.42. The third-order valence-electron chi connectivity index (χ3n) is 5.15. The first-order valence-corrected chi connectivity index (χ1v) is 9.85. The minimum Gasteiger partial charge on any atom is -0.307 e. The highest BCUT2D eigenvalue weighted by Crippen LogP contribution is 2.35. The van der Waals surface area contributed by atoms with Gasteiger partial charge in [-0.2, -0.15) is 0 Å². The van der Waals surface area contributed by atoms with Crippen molar-refractivity contribution >= 4 is 9.84 Å². The lowest BCUT2D eigenvalue weighted by atomic mass is 9.82. The zero-order chi connectivity index (χ0) is 14.9. The maximum atomic E-state index is 12.2. The van der Waals surface area contributed by atoms with Crippen molar-refractivity contribution < 1.29 is 8.42 Å². The van der Waals surface area contributed by atoms with Gasteiger partial charge in [-0.3, -0.25) is 0 Å². The summed E-state index contributed by atoms with van der Waals surface area (Å²) >= 11 is 0. The Bertz CT molecular complexity index is 597. The van der Waals surface area contributed by atoms with Crippen molar-refractivity contribution in [2.24, 2.45) is 5.92 Å². The number of fused-ring (bicyclic) bond motifs is 1. The number of sulfone groups is 1. The molecule has 1 aliphatic carbocycles. The molecule has 1 N–H and O–H groups in total. The van der Waals surface area contributed by atoms with Gasteiger partial charge in [-0.25, -0.2) is 8.42 Å². The molecular formula is C17H25NO2S. The monoisotopic (exact) mass is 307 g/mol. The van der Waals surface area contributed by atoms with Crippen molar-refractivity contribution in [3.63, 3.8) is 0 Å². The Labute approximate surface area is 128 Å². The number of hydrogen-bond donors (Lipinski definition) is 1. The van der Waals surface area contributed by atoms with Crippen molar-refractivity contribution in [3.05, 3.63) is 29.8 Å². The smallest absolute Gasteiger partial charge is 0.178 e. The molecule has 0 saturated heterocycles. The van der Waals surface area contributed by atoms with E-state index in [1.165, 1.54) is 32.1 Å². The van der Waals surface area contributed by atoms with Crippen LogP contribution in [0, 0.1) is 5.92 Å². The standard InChI is InChI=1S/C17H25NO2S/c1-2-13-7-3-5-9-15(13)18-16-11-12-21(19,20)17-10-6-4-8-14(16)17/h4,6,8,10,13,15-16,18H,2-3,5,7,9,11-12H2,1H3. The highest BCUT2D eigenvalue weighted by atomic mass is 32.2. The molecule has 3 rings (SSSR count). The fourth-order valence-electron chi connectivity index (χ4n) is 3.94. The van der Waals surface area contributed by atoms with Crippen molar-refractivity contribution in [2.75, 3.05) is 5.75 Å². The van der Waals surface area contributed by atoms with Gasteiger partial charge in [-0.15, -0.1) is 0 Å². The van der Waals surface area contributed by atoms with Gasteiger partial charge in [-0.05, 0) is 36.8 Å². The topological polar surface area (TPSA) is 46.2 Å². The molecule has 1 heterocycles. The van der Waals surface area contributed by atoms with E-state index in [0.29, 0.717) is 17.4 Å². The second-order valence-corrected chi connectivity index (χ2v) is 8.50. The first kappa shape index (κ1) is 15.0. The molecule has 1 aromatic rings. The summed E-state index contributed by atoms with van der Waals surface area (Å²) in [6, 6.07) is 8.26. The summed E-state index contributed by atoms with van der Waals surface area (Å²) in [7, 11) is -3.07. The molecule has 0 aromatic heterocycles.